The SMILES string of the molecule is CCCC1CC1NS(=O)(=O)c1csc(CNC(C)C)c1. The minimum atomic E-state index is -3.33. The molecule has 2 rings (SSSR count). The molecule has 0 aromatic carbocycles. The van der Waals surface area contributed by atoms with Gasteiger partial charge in [0.2, 0.25) is 10.0 Å². The van der Waals surface area contributed by atoms with E-state index < -0.39 is 10.0 Å². The van der Waals surface area contributed by atoms with E-state index >= 15 is 0 Å². The van der Waals surface area contributed by atoms with Gasteiger partial charge in [0.25, 0.3) is 0 Å². The van der Waals surface area contributed by atoms with Crippen LogP contribution in [0.25, 0.3) is 0 Å². The van der Waals surface area contributed by atoms with E-state index in [9.17, 15) is 8.42 Å². The van der Waals surface area contributed by atoms with E-state index in [0.29, 0.717) is 16.9 Å². The Labute approximate surface area is 126 Å². The van der Waals surface area contributed by atoms with Gasteiger partial charge in [0.15, 0.2) is 0 Å². The molecule has 1 fully saturated rings. The lowest BCUT2D eigenvalue weighted by Crippen LogP contribution is -2.26. The van der Waals surface area contributed by atoms with Crippen LogP contribution in [-0.4, -0.2) is 20.5 Å². The molecule has 0 bridgehead atoms. The molecule has 0 saturated heterocycles. The van der Waals surface area contributed by atoms with Crippen LogP contribution in [0, 0.1) is 5.92 Å². The smallest absolute Gasteiger partial charge is 0.241 e. The van der Waals surface area contributed by atoms with Gasteiger partial charge in [-0.25, -0.2) is 13.1 Å². The fourth-order valence-electron chi connectivity index (χ4n) is 2.25. The van der Waals surface area contributed by atoms with Crippen molar-refractivity contribution in [3.63, 3.8) is 0 Å². The first-order chi connectivity index (χ1) is 9.42. The summed E-state index contributed by atoms with van der Waals surface area (Å²) in [6, 6.07) is 2.33. The second kappa shape index (κ2) is 6.56. The Kier molecular flexibility index (Phi) is 5.23. The van der Waals surface area contributed by atoms with Crippen molar-refractivity contribution in [3.05, 3.63) is 16.3 Å². The molecule has 2 unspecified atom stereocenters. The summed E-state index contributed by atoms with van der Waals surface area (Å²) in [6.07, 6.45) is 3.21. The van der Waals surface area contributed by atoms with Gasteiger partial charge in [0.05, 0.1) is 4.90 Å². The summed E-state index contributed by atoms with van der Waals surface area (Å²) in [4.78, 5) is 1.46. The predicted molar refractivity (Wildman–Crippen MR) is 83.4 cm³/mol. The molecule has 0 radical (unpaired) electrons. The highest BCUT2D eigenvalue weighted by molar-refractivity contribution is 7.89. The maximum Gasteiger partial charge on any atom is 0.241 e. The van der Waals surface area contributed by atoms with Crippen LogP contribution in [0.5, 0.6) is 0 Å². The van der Waals surface area contributed by atoms with Gasteiger partial charge >= 0.3 is 0 Å². The Morgan fingerprint density at radius 1 is 1.45 bits per heavy atom. The van der Waals surface area contributed by atoms with Gasteiger partial charge in [-0.05, 0) is 24.8 Å². The van der Waals surface area contributed by atoms with Gasteiger partial charge in [-0.1, -0.05) is 27.2 Å². The molecule has 6 heteroatoms. The zero-order valence-electron chi connectivity index (χ0n) is 12.3. The highest BCUT2D eigenvalue weighted by Gasteiger charge is 2.39. The number of hydrogen-bond acceptors (Lipinski definition) is 4. The molecule has 4 nitrogen and oxygen atoms in total. The van der Waals surface area contributed by atoms with Crippen LogP contribution in [0.3, 0.4) is 0 Å². The third-order valence-corrected chi connectivity index (χ3v) is 6.07. The van der Waals surface area contributed by atoms with E-state index in [4.69, 9.17) is 0 Å². The van der Waals surface area contributed by atoms with Crippen LogP contribution in [0.1, 0.15) is 44.9 Å². The lowest BCUT2D eigenvalue weighted by molar-refractivity contribution is 0.573. The van der Waals surface area contributed by atoms with Gasteiger partial charge in [0.1, 0.15) is 0 Å². The molecule has 1 heterocycles. The van der Waals surface area contributed by atoms with Gasteiger partial charge in [-0.2, -0.15) is 0 Å². The summed E-state index contributed by atoms with van der Waals surface area (Å²) < 4.78 is 27.3. The molecule has 1 aliphatic carbocycles. The molecule has 1 aromatic rings. The fraction of sp³-hybridized carbons (Fsp3) is 0.714. The molecule has 1 aromatic heterocycles. The second-order valence-corrected chi connectivity index (χ2v) is 8.51. The maximum absolute atomic E-state index is 12.3. The van der Waals surface area contributed by atoms with Crippen LogP contribution in [-0.2, 0) is 16.6 Å². The predicted octanol–water partition coefficient (Wildman–Crippen LogP) is 2.71. The Hall–Kier alpha value is -0.430. The number of rotatable bonds is 8. The minimum absolute atomic E-state index is 0.150. The third-order valence-electron chi connectivity index (χ3n) is 3.51. The number of thiophene rings is 1. The Bertz CT molecular complexity index is 537. The first-order valence-electron chi connectivity index (χ1n) is 7.25. The molecular weight excluding hydrogens is 292 g/mol. The Balaban J connectivity index is 1.93. The van der Waals surface area contributed by atoms with Crippen LogP contribution in [0.15, 0.2) is 16.3 Å². The average molecular weight is 316 g/mol. The van der Waals surface area contributed by atoms with Crippen molar-refractivity contribution in [3.8, 4) is 0 Å². The molecule has 1 aliphatic rings. The number of nitrogens with one attached hydrogen (secondary N) is 2. The standard InChI is InChI=1S/C14H24N2O2S2/c1-4-5-11-6-14(11)16-20(17,18)13-7-12(19-9-13)8-15-10(2)3/h7,9-11,14-16H,4-6,8H2,1-3H3. The molecule has 1 saturated carbocycles. The molecule has 2 N–H and O–H groups in total. The summed E-state index contributed by atoms with van der Waals surface area (Å²) in [6.45, 7) is 7.01. The maximum atomic E-state index is 12.3. The van der Waals surface area contributed by atoms with Crippen molar-refractivity contribution in [1.29, 1.82) is 0 Å². The van der Waals surface area contributed by atoms with Crippen molar-refractivity contribution in [2.45, 2.75) is 63.6 Å². The van der Waals surface area contributed by atoms with Gasteiger partial charge in [-0.3, -0.25) is 0 Å². The summed E-state index contributed by atoms with van der Waals surface area (Å²) in [5, 5.41) is 5.03. The minimum Gasteiger partial charge on any atom is -0.310 e. The summed E-state index contributed by atoms with van der Waals surface area (Å²) >= 11 is 1.50. The third kappa shape index (κ3) is 4.28. The Morgan fingerprint density at radius 3 is 2.85 bits per heavy atom. The first-order valence-corrected chi connectivity index (χ1v) is 9.61. The van der Waals surface area contributed by atoms with E-state index in [1.807, 2.05) is 0 Å². The van der Waals surface area contributed by atoms with E-state index in [-0.39, 0.29) is 6.04 Å². The van der Waals surface area contributed by atoms with Crippen molar-refractivity contribution >= 4 is 21.4 Å². The van der Waals surface area contributed by atoms with Crippen molar-refractivity contribution in [2.75, 3.05) is 0 Å². The number of hydrogen-bond donors (Lipinski definition) is 2. The van der Waals surface area contributed by atoms with Crippen LogP contribution in [0.4, 0.5) is 0 Å². The molecular formula is C14H24N2O2S2. The van der Waals surface area contributed by atoms with Crippen LogP contribution < -0.4 is 10.0 Å². The molecule has 0 spiro atoms. The van der Waals surface area contributed by atoms with E-state index in [2.05, 4.69) is 30.8 Å². The molecule has 0 amide bonds. The van der Waals surface area contributed by atoms with Gasteiger partial charge in [-0.15, -0.1) is 11.3 Å². The topological polar surface area (TPSA) is 58.2 Å². The molecule has 114 valence electrons. The van der Waals surface area contributed by atoms with Crippen molar-refractivity contribution < 1.29 is 8.42 Å². The van der Waals surface area contributed by atoms with E-state index in [1.54, 1.807) is 11.4 Å². The first kappa shape index (κ1) is 15.9. The van der Waals surface area contributed by atoms with Crippen molar-refractivity contribution in [2.24, 2.45) is 5.92 Å². The van der Waals surface area contributed by atoms with E-state index in [1.165, 1.54) is 11.3 Å². The molecule has 2 atom stereocenters. The molecule has 0 aliphatic heterocycles. The Morgan fingerprint density at radius 2 is 2.20 bits per heavy atom. The number of sulfonamides is 1. The quantitative estimate of drug-likeness (QED) is 0.775. The average Bonchev–Trinajstić information content (AvgIpc) is 2.91. The van der Waals surface area contributed by atoms with Gasteiger partial charge < -0.3 is 5.32 Å². The zero-order chi connectivity index (χ0) is 14.8. The van der Waals surface area contributed by atoms with Crippen LogP contribution >= 0.6 is 11.3 Å². The monoisotopic (exact) mass is 316 g/mol. The normalized spacial score (nSPS) is 22.4. The molecule has 20 heavy (non-hydrogen) atoms. The van der Waals surface area contributed by atoms with Crippen molar-refractivity contribution in [1.82, 2.24) is 10.0 Å². The highest BCUT2D eigenvalue weighted by Crippen LogP contribution is 2.36. The van der Waals surface area contributed by atoms with Gasteiger partial charge in [0, 0.05) is 28.9 Å². The lowest BCUT2D eigenvalue weighted by atomic mass is 10.2. The summed E-state index contributed by atoms with van der Waals surface area (Å²) in [5.74, 6) is 0.537. The summed E-state index contributed by atoms with van der Waals surface area (Å²) in [5.41, 5.74) is 0. The fourth-order valence-corrected chi connectivity index (χ4v) is 4.79. The second-order valence-electron chi connectivity index (χ2n) is 5.80. The van der Waals surface area contributed by atoms with E-state index in [0.717, 1.165) is 30.7 Å². The zero-order valence-corrected chi connectivity index (χ0v) is 14.0. The van der Waals surface area contributed by atoms with Crippen LogP contribution in [0.2, 0.25) is 0 Å². The largest absolute Gasteiger partial charge is 0.310 e. The summed E-state index contributed by atoms with van der Waals surface area (Å²) in [7, 11) is -3.33. The lowest BCUT2D eigenvalue weighted by Gasteiger charge is -2.05. The highest BCUT2D eigenvalue weighted by atomic mass is 32.2.